The van der Waals surface area contributed by atoms with Crippen LogP contribution in [0.15, 0.2) is 40.5 Å². The number of benzene rings is 2. The standard InChI is InChI=1S/C33H50O3S/c1-20(2)26(36-22-17-24(32(9,10)11)28(34)25(18-22)33(12,13)14)19-37-27-16-21(30(3,4)5)15-23(29(27)35)31(6,7)8/h15-18,34-35H,19H2,1-14H3. The van der Waals surface area contributed by atoms with E-state index in [0.29, 0.717) is 17.3 Å². The number of hydrogen-bond donors (Lipinski definition) is 2. The van der Waals surface area contributed by atoms with Gasteiger partial charge in [-0.1, -0.05) is 89.2 Å². The van der Waals surface area contributed by atoms with E-state index in [1.807, 2.05) is 12.1 Å². The zero-order valence-corrected chi connectivity index (χ0v) is 26.5. The predicted molar refractivity (Wildman–Crippen MR) is 161 cm³/mol. The molecule has 0 bridgehead atoms. The molecule has 0 aliphatic carbocycles. The normalized spacial score (nSPS) is 13.0. The SMILES string of the molecule is CC(C)=C(CSc1cc(C(C)(C)C)cc(C(C)(C)C)c1O)Oc1cc(C(C)(C)C)c(O)c(C(C)(C)C)c1. The van der Waals surface area contributed by atoms with Crippen molar-refractivity contribution >= 4 is 11.8 Å². The lowest BCUT2D eigenvalue weighted by atomic mass is 9.79. The lowest BCUT2D eigenvalue weighted by Gasteiger charge is -2.28. The topological polar surface area (TPSA) is 49.7 Å². The number of ether oxygens (including phenoxy) is 1. The molecular weight excluding hydrogens is 476 g/mol. The summed E-state index contributed by atoms with van der Waals surface area (Å²) in [5, 5.41) is 22.3. The molecule has 0 aromatic heterocycles. The molecule has 0 heterocycles. The minimum Gasteiger partial charge on any atom is -0.507 e. The Bertz CT molecular complexity index is 1120. The van der Waals surface area contributed by atoms with Crippen molar-refractivity contribution < 1.29 is 14.9 Å². The second kappa shape index (κ2) is 10.6. The molecule has 0 aliphatic heterocycles. The van der Waals surface area contributed by atoms with Crippen LogP contribution in [0.1, 0.15) is 119 Å². The molecule has 2 aromatic carbocycles. The fraction of sp³-hybridized carbons (Fsp3) is 0.576. The molecule has 206 valence electrons. The van der Waals surface area contributed by atoms with Crippen LogP contribution in [0.3, 0.4) is 0 Å². The molecule has 37 heavy (non-hydrogen) atoms. The molecule has 0 saturated heterocycles. The van der Waals surface area contributed by atoms with Crippen molar-refractivity contribution in [2.24, 2.45) is 0 Å². The predicted octanol–water partition coefficient (Wildman–Crippen LogP) is 9.75. The lowest BCUT2D eigenvalue weighted by Crippen LogP contribution is -2.18. The van der Waals surface area contributed by atoms with Crippen molar-refractivity contribution in [3.63, 3.8) is 0 Å². The van der Waals surface area contributed by atoms with E-state index in [2.05, 4.69) is 109 Å². The first-order valence-electron chi connectivity index (χ1n) is 13.3. The molecule has 2 rings (SSSR count). The van der Waals surface area contributed by atoms with Gasteiger partial charge >= 0.3 is 0 Å². The Morgan fingerprint density at radius 1 is 0.649 bits per heavy atom. The first kappa shape index (κ1) is 31.1. The zero-order chi connectivity index (χ0) is 28.7. The molecule has 0 amide bonds. The van der Waals surface area contributed by atoms with Gasteiger partial charge in [0.25, 0.3) is 0 Å². The quantitative estimate of drug-likeness (QED) is 0.301. The zero-order valence-electron chi connectivity index (χ0n) is 25.7. The summed E-state index contributed by atoms with van der Waals surface area (Å²) < 4.78 is 6.53. The van der Waals surface area contributed by atoms with E-state index < -0.39 is 0 Å². The first-order valence-corrected chi connectivity index (χ1v) is 14.2. The minimum absolute atomic E-state index is 0.0302. The highest BCUT2D eigenvalue weighted by Gasteiger charge is 2.28. The third-order valence-corrected chi connectivity index (χ3v) is 7.63. The van der Waals surface area contributed by atoms with E-state index in [-0.39, 0.29) is 21.7 Å². The van der Waals surface area contributed by atoms with Crippen LogP contribution in [0.25, 0.3) is 0 Å². The third kappa shape index (κ3) is 7.72. The van der Waals surface area contributed by atoms with Gasteiger partial charge in [0.2, 0.25) is 0 Å². The van der Waals surface area contributed by atoms with Crippen LogP contribution in [0.4, 0.5) is 0 Å². The number of hydrogen-bond acceptors (Lipinski definition) is 4. The van der Waals surface area contributed by atoms with E-state index in [4.69, 9.17) is 4.74 Å². The summed E-state index contributed by atoms with van der Waals surface area (Å²) in [6.45, 7) is 29.8. The molecular formula is C33H50O3S. The number of phenolic OH excluding ortho intramolecular Hbond substituents is 2. The van der Waals surface area contributed by atoms with Gasteiger partial charge in [-0.25, -0.2) is 0 Å². The van der Waals surface area contributed by atoms with E-state index in [0.717, 1.165) is 38.7 Å². The monoisotopic (exact) mass is 526 g/mol. The van der Waals surface area contributed by atoms with Crippen LogP contribution in [0.2, 0.25) is 0 Å². The average molecular weight is 527 g/mol. The van der Waals surface area contributed by atoms with E-state index in [1.54, 1.807) is 11.8 Å². The Kier molecular flexibility index (Phi) is 8.92. The molecule has 2 aromatic rings. The van der Waals surface area contributed by atoms with Crippen molar-refractivity contribution in [3.05, 3.63) is 57.9 Å². The van der Waals surface area contributed by atoms with Crippen LogP contribution in [-0.2, 0) is 21.7 Å². The molecule has 2 N–H and O–H groups in total. The van der Waals surface area contributed by atoms with Gasteiger partial charge in [0.1, 0.15) is 23.0 Å². The smallest absolute Gasteiger partial charge is 0.132 e. The second-order valence-electron chi connectivity index (χ2n) is 14.6. The van der Waals surface area contributed by atoms with Gasteiger partial charge in [0.15, 0.2) is 0 Å². The highest BCUT2D eigenvalue weighted by atomic mass is 32.2. The largest absolute Gasteiger partial charge is 0.507 e. The van der Waals surface area contributed by atoms with Crippen molar-refractivity contribution in [1.29, 1.82) is 0 Å². The fourth-order valence-corrected chi connectivity index (χ4v) is 5.19. The van der Waals surface area contributed by atoms with Gasteiger partial charge < -0.3 is 14.9 Å². The van der Waals surface area contributed by atoms with Gasteiger partial charge in [-0.05, 0) is 64.8 Å². The van der Waals surface area contributed by atoms with Crippen LogP contribution < -0.4 is 4.74 Å². The van der Waals surface area contributed by atoms with Crippen LogP contribution in [-0.4, -0.2) is 16.0 Å². The van der Waals surface area contributed by atoms with E-state index in [1.165, 1.54) is 5.56 Å². The highest BCUT2D eigenvalue weighted by Crippen LogP contribution is 2.44. The molecule has 0 atom stereocenters. The van der Waals surface area contributed by atoms with Crippen molar-refractivity contribution in [2.75, 3.05) is 5.75 Å². The molecule has 0 saturated carbocycles. The van der Waals surface area contributed by atoms with Crippen LogP contribution >= 0.6 is 11.8 Å². The summed E-state index contributed by atoms with van der Waals surface area (Å²) in [5.74, 6) is 2.87. The summed E-state index contributed by atoms with van der Waals surface area (Å²) in [4.78, 5) is 0.871. The van der Waals surface area contributed by atoms with Crippen molar-refractivity contribution in [2.45, 2.75) is 123 Å². The number of rotatable bonds is 5. The number of phenols is 2. The van der Waals surface area contributed by atoms with Crippen LogP contribution in [0, 0.1) is 0 Å². The maximum absolute atomic E-state index is 11.2. The summed E-state index contributed by atoms with van der Waals surface area (Å²) in [6.07, 6.45) is 0. The molecule has 4 heteroatoms. The van der Waals surface area contributed by atoms with Gasteiger partial charge in [0.05, 0.1) is 10.6 Å². The van der Waals surface area contributed by atoms with Crippen LogP contribution in [0.5, 0.6) is 17.2 Å². The molecule has 0 aliphatic rings. The summed E-state index contributed by atoms with van der Waals surface area (Å²) in [5.41, 5.74) is 4.34. The maximum Gasteiger partial charge on any atom is 0.132 e. The average Bonchev–Trinajstić information content (AvgIpc) is 2.69. The molecule has 3 nitrogen and oxygen atoms in total. The first-order chi connectivity index (χ1) is 16.5. The second-order valence-corrected chi connectivity index (χ2v) is 15.6. The van der Waals surface area contributed by atoms with Gasteiger partial charge in [-0.15, -0.1) is 11.8 Å². The van der Waals surface area contributed by atoms with E-state index >= 15 is 0 Å². The summed E-state index contributed by atoms with van der Waals surface area (Å²) >= 11 is 1.60. The summed E-state index contributed by atoms with van der Waals surface area (Å²) in [7, 11) is 0. The number of aromatic hydroxyl groups is 2. The molecule has 0 spiro atoms. The Labute approximate surface area is 230 Å². The molecule has 0 unspecified atom stereocenters. The maximum atomic E-state index is 11.2. The molecule has 0 fully saturated rings. The van der Waals surface area contributed by atoms with Crippen molar-refractivity contribution in [1.82, 2.24) is 0 Å². The third-order valence-electron chi connectivity index (χ3n) is 6.61. The minimum atomic E-state index is -0.230. The van der Waals surface area contributed by atoms with Crippen molar-refractivity contribution in [3.8, 4) is 17.2 Å². The Balaban J connectivity index is 2.51. The number of thioether (sulfide) groups is 1. The molecule has 0 radical (unpaired) electrons. The van der Waals surface area contributed by atoms with E-state index in [9.17, 15) is 10.2 Å². The van der Waals surface area contributed by atoms with Gasteiger partial charge in [0, 0.05) is 16.7 Å². The highest BCUT2D eigenvalue weighted by molar-refractivity contribution is 7.99. The fourth-order valence-electron chi connectivity index (χ4n) is 4.09. The Morgan fingerprint density at radius 3 is 1.46 bits per heavy atom. The Morgan fingerprint density at radius 2 is 1.08 bits per heavy atom. The Hall–Kier alpha value is -2.07. The summed E-state index contributed by atoms with van der Waals surface area (Å²) in [6, 6.07) is 8.20. The van der Waals surface area contributed by atoms with Gasteiger partial charge in [-0.3, -0.25) is 0 Å². The van der Waals surface area contributed by atoms with Gasteiger partial charge in [-0.2, -0.15) is 0 Å². The lowest BCUT2D eigenvalue weighted by molar-refractivity contribution is 0.400. The number of allylic oxidation sites excluding steroid dienone is 1.